The van der Waals surface area contributed by atoms with Gasteiger partial charge in [0.05, 0.1) is 6.61 Å². The number of rotatable bonds is 8. The van der Waals surface area contributed by atoms with E-state index in [1.807, 2.05) is 30.3 Å². The summed E-state index contributed by atoms with van der Waals surface area (Å²) in [6.07, 6.45) is 4.26. The molecule has 0 bridgehead atoms. The first-order valence-corrected chi connectivity index (χ1v) is 8.17. The van der Waals surface area contributed by atoms with Gasteiger partial charge >= 0.3 is 0 Å². The van der Waals surface area contributed by atoms with Crippen molar-refractivity contribution in [3.8, 4) is 5.75 Å². The molecule has 0 heterocycles. The van der Waals surface area contributed by atoms with Crippen LogP contribution in [0, 0.1) is 0 Å². The van der Waals surface area contributed by atoms with E-state index in [-0.39, 0.29) is 0 Å². The van der Waals surface area contributed by atoms with E-state index in [2.05, 4.69) is 35.8 Å². The molecule has 0 saturated heterocycles. The topological polar surface area (TPSA) is 21.3 Å². The number of para-hydroxylation sites is 1. The van der Waals surface area contributed by atoms with Gasteiger partial charge in [0.15, 0.2) is 0 Å². The van der Waals surface area contributed by atoms with E-state index < -0.39 is 0 Å². The summed E-state index contributed by atoms with van der Waals surface area (Å²) in [5.74, 6) is 0.952. The van der Waals surface area contributed by atoms with Crippen LogP contribution < -0.4 is 10.1 Å². The third-order valence-electron chi connectivity index (χ3n) is 2.98. The Hall–Kier alpha value is -1.61. The van der Waals surface area contributed by atoms with E-state index in [1.54, 1.807) is 11.8 Å². The minimum atomic E-state index is 0.774. The van der Waals surface area contributed by atoms with E-state index in [9.17, 15) is 0 Å². The number of hydrogen-bond donors (Lipinski definition) is 1. The molecule has 0 atom stereocenters. The van der Waals surface area contributed by atoms with Crippen LogP contribution >= 0.6 is 11.8 Å². The molecule has 20 heavy (non-hydrogen) atoms. The molecule has 0 amide bonds. The average molecular weight is 287 g/mol. The van der Waals surface area contributed by atoms with E-state index in [1.165, 1.54) is 10.6 Å². The second-order valence-corrected chi connectivity index (χ2v) is 5.41. The zero-order chi connectivity index (χ0) is 14.0. The number of anilines is 1. The normalized spacial score (nSPS) is 10.2. The maximum Gasteiger partial charge on any atom is 0.119 e. The van der Waals surface area contributed by atoms with Crippen LogP contribution in [0.15, 0.2) is 59.5 Å². The Morgan fingerprint density at radius 1 is 1.00 bits per heavy atom. The Kier molecular flexibility index (Phi) is 6.32. The van der Waals surface area contributed by atoms with Crippen molar-refractivity contribution >= 4 is 17.4 Å². The lowest BCUT2D eigenvalue weighted by Crippen LogP contribution is -2.04. The number of hydrogen-bond acceptors (Lipinski definition) is 3. The van der Waals surface area contributed by atoms with E-state index >= 15 is 0 Å². The van der Waals surface area contributed by atoms with Gasteiger partial charge in [-0.1, -0.05) is 24.3 Å². The van der Waals surface area contributed by atoms with Crippen LogP contribution in [-0.4, -0.2) is 19.4 Å². The van der Waals surface area contributed by atoms with Crippen molar-refractivity contribution in [1.82, 2.24) is 0 Å². The second kappa shape index (κ2) is 8.54. The molecule has 2 aromatic rings. The molecular formula is C17H21NOS. The first-order valence-electron chi connectivity index (χ1n) is 6.94. The second-order valence-electron chi connectivity index (χ2n) is 4.53. The zero-order valence-electron chi connectivity index (χ0n) is 11.8. The summed E-state index contributed by atoms with van der Waals surface area (Å²) in [6, 6.07) is 18.5. The fraction of sp³-hybridized carbons (Fsp3) is 0.294. The smallest absolute Gasteiger partial charge is 0.119 e. The lowest BCUT2D eigenvalue weighted by Gasteiger charge is -2.08. The van der Waals surface area contributed by atoms with Crippen molar-refractivity contribution in [3.63, 3.8) is 0 Å². The molecule has 0 fully saturated rings. The minimum Gasteiger partial charge on any atom is -0.494 e. The van der Waals surface area contributed by atoms with Gasteiger partial charge in [-0.15, -0.1) is 11.8 Å². The summed E-state index contributed by atoms with van der Waals surface area (Å²) < 4.78 is 5.66. The van der Waals surface area contributed by atoms with Gasteiger partial charge in [-0.05, 0) is 49.4 Å². The molecule has 0 aliphatic carbocycles. The van der Waals surface area contributed by atoms with Crippen LogP contribution in [0.1, 0.15) is 12.8 Å². The molecule has 0 unspecified atom stereocenters. The SMILES string of the molecule is CSc1cccc(NCCCCOc2ccccc2)c1. The maximum atomic E-state index is 5.66. The standard InChI is InChI=1S/C17H21NOS/c1-20-17-11-7-8-15(14-17)18-12-5-6-13-19-16-9-3-2-4-10-16/h2-4,7-11,14,18H,5-6,12-13H2,1H3. The number of benzene rings is 2. The Morgan fingerprint density at radius 3 is 2.65 bits per heavy atom. The first kappa shape index (κ1) is 14.8. The van der Waals surface area contributed by atoms with Crippen LogP contribution in [0.5, 0.6) is 5.75 Å². The van der Waals surface area contributed by atoms with Crippen molar-refractivity contribution in [2.24, 2.45) is 0 Å². The molecule has 2 rings (SSSR count). The summed E-state index contributed by atoms with van der Waals surface area (Å²) in [4.78, 5) is 1.29. The van der Waals surface area contributed by atoms with Crippen LogP contribution in [0.4, 0.5) is 5.69 Å². The highest BCUT2D eigenvalue weighted by atomic mass is 32.2. The Morgan fingerprint density at radius 2 is 1.85 bits per heavy atom. The summed E-state index contributed by atoms with van der Waals surface area (Å²) >= 11 is 1.77. The monoisotopic (exact) mass is 287 g/mol. The van der Waals surface area contributed by atoms with Crippen molar-refractivity contribution in [2.75, 3.05) is 24.7 Å². The highest BCUT2D eigenvalue weighted by Gasteiger charge is 1.95. The van der Waals surface area contributed by atoms with Gasteiger partial charge in [0.1, 0.15) is 5.75 Å². The molecular weight excluding hydrogens is 266 g/mol. The quantitative estimate of drug-likeness (QED) is 0.562. The number of nitrogens with one attached hydrogen (secondary N) is 1. The first-order chi connectivity index (χ1) is 9.88. The average Bonchev–Trinajstić information content (AvgIpc) is 2.52. The fourth-order valence-electron chi connectivity index (χ4n) is 1.90. The molecule has 106 valence electrons. The molecule has 2 nitrogen and oxygen atoms in total. The zero-order valence-corrected chi connectivity index (χ0v) is 12.7. The van der Waals surface area contributed by atoms with Gasteiger partial charge in [0, 0.05) is 17.1 Å². The number of unbranched alkanes of at least 4 members (excludes halogenated alkanes) is 1. The fourth-order valence-corrected chi connectivity index (χ4v) is 2.36. The van der Waals surface area contributed by atoms with Gasteiger partial charge in [-0.2, -0.15) is 0 Å². The minimum absolute atomic E-state index is 0.774. The van der Waals surface area contributed by atoms with Crippen LogP contribution in [0.2, 0.25) is 0 Å². The third-order valence-corrected chi connectivity index (χ3v) is 3.71. The molecule has 0 aliphatic heterocycles. The summed E-state index contributed by atoms with van der Waals surface area (Å²) in [5.41, 5.74) is 1.20. The summed E-state index contributed by atoms with van der Waals surface area (Å²) in [6.45, 7) is 1.76. The van der Waals surface area contributed by atoms with Gasteiger partial charge < -0.3 is 10.1 Å². The molecule has 0 aliphatic rings. The highest BCUT2D eigenvalue weighted by molar-refractivity contribution is 7.98. The Labute approximate surface area is 125 Å². The van der Waals surface area contributed by atoms with Crippen LogP contribution in [-0.2, 0) is 0 Å². The highest BCUT2D eigenvalue weighted by Crippen LogP contribution is 2.18. The largest absolute Gasteiger partial charge is 0.494 e. The molecule has 1 N–H and O–H groups in total. The third kappa shape index (κ3) is 5.17. The Bertz CT molecular complexity index is 501. The van der Waals surface area contributed by atoms with Crippen LogP contribution in [0.25, 0.3) is 0 Å². The molecule has 3 heteroatoms. The van der Waals surface area contributed by atoms with Crippen molar-refractivity contribution in [1.29, 1.82) is 0 Å². The van der Waals surface area contributed by atoms with Gasteiger partial charge in [0.2, 0.25) is 0 Å². The van der Waals surface area contributed by atoms with Crippen molar-refractivity contribution in [2.45, 2.75) is 17.7 Å². The molecule has 0 radical (unpaired) electrons. The van der Waals surface area contributed by atoms with Gasteiger partial charge in [-0.3, -0.25) is 0 Å². The van der Waals surface area contributed by atoms with Crippen molar-refractivity contribution in [3.05, 3.63) is 54.6 Å². The van der Waals surface area contributed by atoms with Gasteiger partial charge in [0.25, 0.3) is 0 Å². The number of thioether (sulfide) groups is 1. The lowest BCUT2D eigenvalue weighted by molar-refractivity contribution is 0.308. The van der Waals surface area contributed by atoms with E-state index in [0.29, 0.717) is 0 Å². The summed E-state index contributed by atoms with van der Waals surface area (Å²) in [5, 5.41) is 3.45. The molecule has 0 saturated carbocycles. The predicted molar refractivity (Wildman–Crippen MR) is 87.9 cm³/mol. The predicted octanol–water partition coefficient (Wildman–Crippen LogP) is 4.68. The summed E-state index contributed by atoms with van der Waals surface area (Å²) in [7, 11) is 0. The molecule has 2 aromatic carbocycles. The molecule has 0 aromatic heterocycles. The van der Waals surface area contributed by atoms with Crippen molar-refractivity contribution < 1.29 is 4.74 Å². The lowest BCUT2D eigenvalue weighted by atomic mass is 10.3. The number of ether oxygens (including phenoxy) is 1. The maximum absolute atomic E-state index is 5.66. The Balaban J connectivity index is 1.59. The van der Waals surface area contributed by atoms with Gasteiger partial charge in [-0.25, -0.2) is 0 Å². The van der Waals surface area contributed by atoms with E-state index in [0.717, 1.165) is 31.7 Å². The molecule has 0 spiro atoms. The van der Waals surface area contributed by atoms with Crippen LogP contribution in [0.3, 0.4) is 0 Å². The van der Waals surface area contributed by atoms with E-state index in [4.69, 9.17) is 4.74 Å².